The van der Waals surface area contributed by atoms with Gasteiger partial charge in [0.1, 0.15) is 17.3 Å². The van der Waals surface area contributed by atoms with Crippen LogP contribution in [-0.4, -0.2) is 28.5 Å². The van der Waals surface area contributed by atoms with E-state index >= 15 is 0 Å². The summed E-state index contributed by atoms with van der Waals surface area (Å²) in [5.41, 5.74) is 0.950. The Morgan fingerprint density at radius 2 is 2.39 bits per heavy atom. The molecule has 1 aromatic rings. The maximum absolute atomic E-state index is 11.1. The maximum atomic E-state index is 11.1. The smallest absolute Gasteiger partial charge is 0.220 e. The zero-order valence-corrected chi connectivity index (χ0v) is 11.1. The number of nitrogens with one attached hydrogen (secondary N) is 2. The Bertz CT molecular complexity index is 438. The molecule has 6 heteroatoms. The van der Waals surface area contributed by atoms with Crippen molar-refractivity contribution < 1.29 is 4.79 Å². The van der Waals surface area contributed by atoms with Gasteiger partial charge in [-0.05, 0) is 12.8 Å². The molecule has 0 radical (unpaired) electrons. The fourth-order valence-electron chi connectivity index (χ4n) is 2.07. The highest BCUT2D eigenvalue weighted by Crippen LogP contribution is 2.21. The van der Waals surface area contributed by atoms with E-state index in [9.17, 15) is 4.79 Å². The number of carbonyl (C=O) groups is 1. The summed E-state index contributed by atoms with van der Waals surface area (Å²) in [7, 11) is 0. The van der Waals surface area contributed by atoms with Crippen LogP contribution in [0.4, 0.5) is 5.82 Å². The van der Waals surface area contributed by atoms with E-state index in [2.05, 4.69) is 27.5 Å². The van der Waals surface area contributed by atoms with Crippen molar-refractivity contribution >= 4 is 23.3 Å². The Morgan fingerprint density at radius 3 is 3.06 bits per heavy atom. The molecule has 5 nitrogen and oxygen atoms in total. The van der Waals surface area contributed by atoms with Gasteiger partial charge >= 0.3 is 0 Å². The maximum Gasteiger partial charge on any atom is 0.220 e. The molecule has 1 aliphatic rings. The van der Waals surface area contributed by atoms with Crippen LogP contribution in [0, 0.1) is 0 Å². The molecule has 1 amide bonds. The van der Waals surface area contributed by atoms with Crippen molar-refractivity contribution in [2.75, 3.05) is 11.9 Å². The second-order valence-corrected chi connectivity index (χ2v) is 4.78. The largest absolute Gasteiger partial charge is 0.368 e. The SMILES string of the molecule is CCCc1c(Cl)ncnc1NCC1CCC(=O)N1. The molecule has 1 aromatic heterocycles. The fourth-order valence-corrected chi connectivity index (χ4v) is 2.29. The minimum atomic E-state index is 0.122. The van der Waals surface area contributed by atoms with Gasteiger partial charge in [-0.15, -0.1) is 0 Å². The Hall–Kier alpha value is -1.36. The van der Waals surface area contributed by atoms with E-state index in [-0.39, 0.29) is 11.9 Å². The van der Waals surface area contributed by atoms with Crippen LogP contribution in [0.3, 0.4) is 0 Å². The van der Waals surface area contributed by atoms with Gasteiger partial charge in [-0.1, -0.05) is 24.9 Å². The van der Waals surface area contributed by atoms with Crippen LogP contribution >= 0.6 is 11.6 Å². The zero-order valence-electron chi connectivity index (χ0n) is 10.4. The lowest BCUT2D eigenvalue weighted by molar-refractivity contribution is -0.119. The Morgan fingerprint density at radius 1 is 1.56 bits per heavy atom. The van der Waals surface area contributed by atoms with Gasteiger partial charge in [-0.3, -0.25) is 4.79 Å². The van der Waals surface area contributed by atoms with Crippen LogP contribution in [0.15, 0.2) is 6.33 Å². The highest BCUT2D eigenvalue weighted by Gasteiger charge is 2.20. The summed E-state index contributed by atoms with van der Waals surface area (Å²) in [5.74, 6) is 0.898. The Kier molecular flexibility index (Phi) is 4.36. The van der Waals surface area contributed by atoms with Crippen molar-refractivity contribution in [1.29, 1.82) is 0 Å². The molecule has 0 spiro atoms. The molecule has 0 saturated carbocycles. The second kappa shape index (κ2) is 6.00. The summed E-state index contributed by atoms with van der Waals surface area (Å²) >= 11 is 6.07. The quantitative estimate of drug-likeness (QED) is 0.799. The molecule has 0 bridgehead atoms. The molecule has 2 rings (SSSR count). The number of halogens is 1. The van der Waals surface area contributed by atoms with Gasteiger partial charge in [0.25, 0.3) is 0 Å². The third kappa shape index (κ3) is 3.10. The van der Waals surface area contributed by atoms with Crippen LogP contribution in [0.5, 0.6) is 0 Å². The number of carbonyl (C=O) groups excluding carboxylic acids is 1. The van der Waals surface area contributed by atoms with E-state index in [1.54, 1.807) is 0 Å². The van der Waals surface area contributed by atoms with E-state index in [0.717, 1.165) is 30.6 Å². The monoisotopic (exact) mass is 268 g/mol. The Labute approximate surface area is 111 Å². The molecule has 1 fully saturated rings. The van der Waals surface area contributed by atoms with Crippen LogP contribution in [0.1, 0.15) is 31.7 Å². The van der Waals surface area contributed by atoms with Crippen molar-refractivity contribution in [3.8, 4) is 0 Å². The number of anilines is 1. The highest BCUT2D eigenvalue weighted by molar-refractivity contribution is 6.30. The molecule has 1 aliphatic heterocycles. The van der Waals surface area contributed by atoms with E-state index in [4.69, 9.17) is 11.6 Å². The average molecular weight is 269 g/mol. The summed E-state index contributed by atoms with van der Waals surface area (Å²) < 4.78 is 0. The molecule has 1 atom stereocenters. The van der Waals surface area contributed by atoms with Crippen LogP contribution in [-0.2, 0) is 11.2 Å². The van der Waals surface area contributed by atoms with Crippen LogP contribution in [0.25, 0.3) is 0 Å². The van der Waals surface area contributed by atoms with Gasteiger partial charge in [-0.2, -0.15) is 0 Å². The molecule has 1 saturated heterocycles. The first kappa shape index (κ1) is 13.1. The number of amides is 1. The van der Waals surface area contributed by atoms with Crippen LogP contribution < -0.4 is 10.6 Å². The first-order valence-corrected chi connectivity index (χ1v) is 6.61. The minimum Gasteiger partial charge on any atom is -0.368 e. The molecule has 2 heterocycles. The number of hydrogen-bond donors (Lipinski definition) is 2. The van der Waals surface area contributed by atoms with Gasteiger partial charge < -0.3 is 10.6 Å². The van der Waals surface area contributed by atoms with Crippen molar-refractivity contribution in [3.05, 3.63) is 17.0 Å². The topological polar surface area (TPSA) is 66.9 Å². The second-order valence-electron chi connectivity index (χ2n) is 4.43. The average Bonchev–Trinajstić information content (AvgIpc) is 2.76. The van der Waals surface area contributed by atoms with E-state index < -0.39 is 0 Å². The van der Waals surface area contributed by atoms with Gasteiger partial charge in [0.2, 0.25) is 5.91 Å². The molecule has 98 valence electrons. The summed E-state index contributed by atoms with van der Waals surface area (Å²) in [5, 5.41) is 6.67. The fraction of sp³-hybridized carbons (Fsp3) is 0.583. The van der Waals surface area contributed by atoms with Crippen molar-refractivity contribution in [2.45, 2.75) is 38.6 Å². The van der Waals surface area contributed by atoms with Gasteiger partial charge in [0, 0.05) is 24.6 Å². The number of rotatable bonds is 5. The third-order valence-electron chi connectivity index (χ3n) is 2.99. The first-order chi connectivity index (χ1) is 8.70. The van der Waals surface area contributed by atoms with E-state index in [1.807, 2.05) is 0 Å². The predicted molar refractivity (Wildman–Crippen MR) is 70.7 cm³/mol. The van der Waals surface area contributed by atoms with Crippen molar-refractivity contribution in [3.63, 3.8) is 0 Å². The van der Waals surface area contributed by atoms with Crippen LogP contribution in [0.2, 0.25) is 5.15 Å². The Balaban J connectivity index is 2.00. The van der Waals surface area contributed by atoms with Gasteiger partial charge in [0.05, 0.1) is 0 Å². The molecule has 18 heavy (non-hydrogen) atoms. The molecule has 0 aliphatic carbocycles. The number of nitrogens with zero attached hydrogens (tertiary/aromatic N) is 2. The van der Waals surface area contributed by atoms with Gasteiger partial charge in [0.15, 0.2) is 0 Å². The molecular formula is C12H17ClN4O. The summed E-state index contributed by atoms with van der Waals surface area (Å²) in [6.45, 7) is 2.76. The first-order valence-electron chi connectivity index (χ1n) is 6.23. The molecule has 0 aromatic carbocycles. The number of aromatic nitrogens is 2. The predicted octanol–water partition coefficient (Wildman–Crippen LogP) is 1.77. The lowest BCUT2D eigenvalue weighted by atomic mass is 10.1. The molecule has 1 unspecified atom stereocenters. The summed E-state index contributed by atoms with van der Waals surface area (Å²) in [4.78, 5) is 19.3. The lowest BCUT2D eigenvalue weighted by Gasteiger charge is -2.14. The lowest BCUT2D eigenvalue weighted by Crippen LogP contribution is -2.32. The van der Waals surface area contributed by atoms with E-state index in [0.29, 0.717) is 18.1 Å². The zero-order chi connectivity index (χ0) is 13.0. The van der Waals surface area contributed by atoms with Gasteiger partial charge in [-0.25, -0.2) is 9.97 Å². The standard InChI is InChI=1S/C12H17ClN4O/c1-2-3-9-11(13)15-7-16-12(9)14-6-8-4-5-10(18)17-8/h7-8H,2-6H2,1H3,(H,17,18)(H,14,15,16). The van der Waals surface area contributed by atoms with E-state index in [1.165, 1.54) is 6.33 Å². The molecular weight excluding hydrogens is 252 g/mol. The minimum absolute atomic E-state index is 0.122. The summed E-state index contributed by atoms with van der Waals surface area (Å²) in [6.07, 6.45) is 4.77. The molecule has 2 N–H and O–H groups in total. The van der Waals surface area contributed by atoms with Crippen molar-refractivity contribution in [2.24, 2.45) is 0 Å². The third-order valence-corrected chi connectivity index (χ3v) is 3.32. The number of hydrogen-bond acceptors (Lipinski definition) is 4. The highest BCUT2D eigenvalue weighted by atomic mass is 35.5. The van der Waals surface area contributed by atoms with Crippen molar-refractivity contribution in [1.82, 2.24) is 15.3 Å². The summed E-state index contributed by atoms with van der Waals surface area (Å²) in [6, 6.07) is 0.181. The normalized spacial score (nSPS) is 18.8.